The predicted octanol–water partition coefficient (Wildman–Crippen LogP) is 1.01. The Morgan fingerprint density at radius 1 is 1.04 bits per heavy atom. The van der Waals surface area contributed by atoms with Crippen molar-refractivity contribution in [2.45, 2.75) is 6.42 Å². The summed E-state index contributed by atoms with van der Waals surface area (Å²) in [6.45, 7) is -0.166. The summed E-state index contributed by atoms with van der Waals surface area (Å²) in [7, 11) is 1.52. The van der Waals surface area contributed by atoms with E-state index >= 15 is 0 Å². The lowest BCUT2D eigenvalue weighted by Crippen LogP contribution is -2.24. The predicted molar refractivity (Wildman–Crippen MR) is 82.3 cm³/mol. The number of hydrogen-bond donors (Lipinski definition) is 1. The van der Waals surface area contributed by atoms with Gasteiger partial charge in [-0.25, -0.2) is 0 Å². The van der Waals surface area contributed by atoms with Gasteiger partial charge in [0.05, 0.1) is 7.11 Å². The SMILES string of the molecule is COc1ccccc1OCC(=O)Nc1ccc(CC(=O)[O-])cc1. The van der Waals surface area contributed by atoms with E-state index in [-0.39, 0.29) is 18.9 Å². The highest BCUT2D eigenvalue weighted by atomic mass is 16.5. The number of carbonyl (C=O) groups excluding carboxylic acids is 2. The molecule has 0 saturated carbocycles. The van der Waals surface area contributed by atoms with Gasteiger partial charge in [-0.3, -0.25) is 4.79 Å². The van der Waals surface area contributed by atoms with Crippen LogP contribution in [0.3, 0.4) is 0 Å². The summed E-state index contributed by atoms with van der Waals surface area (Å²) in [5.41, 5.74) is 1.16. The minimum atomic E-state index is -1.15. The normalized spacial score (nSPS) is 9.96. The molecule has 6 nitrogen and oxygen atoms in total. The van der Waals surface area contributed by atoms with Gasteiger partial charge in [-0.05, 0) is 29.8 Å². The maximum absolute atomic E-state index is 11.9. The van der Waals surface area contributed by atoms with E-state index in [4.69, 9.17) is 9.47 Å². The zero-order valence-electron chi connectivity index (χ0n) is 12.6. The van der Waals surface area contributed by atoms with Crippen LogP contribution in [-0.2, 0) is 16.0 Å². The third-order valence-electron chi connectivity index (χ3n) is 3.01. The molecule has 0 aliphatic rings. The van der Waals surface area contributed by atoms with E-state index in [1.807, 2.05) is 0 Å². The number of aliphatic carboxylic acids is 1. The van der Waals surface area contributed by atoms with Gasteiger partial charge in [-0.2, -0.15) is 0 Å². The largest absolute Gasteiger partial charge is 0.550 e. The standard InChI is InChI=1S/C17H17NO5/c1-22-14-4-2-3-5-15(14)23-11-16(19)18-13-8-6-12(7-9-13)10-17(20)21/h2-9H,10-11H2,1H3,(H,18,19)(H,20,21)/p-1. The Hall–Kier alpha value is -3.02. The fourth-order valence-corrected chi connectivity index (χ4v) is 1.95. The molecule has 0 heterocycles. The summed E-state index contributed by atoms with van der Waals surface area (Å²) in [5.74, 6) is -0.447. The average molecular weight is 314 g/mol. The molecule has 0 fully saturated rings. The molecule has 2 rings (SSSR count). The molecule has 0 atom stereocenters. The Kier molecular flexibility index (Phi) is 5.57. The quantitative estimate of drug-likeness (QED) is 0.824. The second-order valence-corrected chi connectivity index (χ2v) is 4.73. The van der Waals surface area contributed by atoms with Crippen molar-refractivity contribution in [2.75, 3.05) is 19.0 Å². The van der Waals surface area contributed by atoms with Crippen LogP contribution in [0.5, 0.6) is 11.5 Å². The van der Waals surface area contributed by atoms with Crippen molar-refractivity contribution in [1.82, 2.24) is 0 Å². The van der Waals surface area contributed by atoms with Crippen LogP contribution in [0.1, 0.15) is 5.56 Å². The van der Waals surface area contributed by atoms with Crippen LogP contribution in [0.15, 0.2) is 48.5 Å². The minimum absolute atomic E-state index is 0.162. The Morgan fingerprint density at radius 3 is 2.30 bits per heavy atom. The molecule has 0 spiro atoms. The fraction of sp³-hybridized carbons (Fsp3) is 0.176. The average Bonchev–Trinajstić information content (AvgIpc) is 2.54. The molecule has 0 aromatic heterocycles. The fourth-order valence-electron chi connectivity index (χ4n) is 1.95. The van der Waals surface area contributed by atoms with Crippen LogP contribution in [-0.4, -0.2) is 25.6 Å². The number of carboxylic acids is 1. The summed E-state index contributed by atoms with van der Waals surface area (Å²) in [4.78, 5) is 22.4. The topological polar surface area (TPSA) is 87.7 Å². The number of nitrogens with one attached hydrogen (secondary N) is 1. The highest BCUT2D eigenvalue weighted by Gasteiger charge is 2.07. The molecule has 120 valence electrons. The lowest BCUT2D eigenvalue weighted by atomic mass is 10.1. The van der Waals surface area contributed by atoms with Crippen LogP contribution in [0.2, 0.25) is 0 Å². The molecule has 0 unspecified atom stereocenters. The summed E-state index contributed by atoms with van der Waals surface area (Å²) in [6, 6.07) is 13.5. The molecule has 0 bridgehead atoms. The highest BCUT2D eigenvalue weighted by Crippen LogP contribution is 2.25. The maximum Gasteiger partial charge on any atom is 0.262 e. The molecule has 1 amide bonds. The van der Waals surface area contributed by atoms with Crippen molar-refractivity contribution >= 4 is 17.6 Å². The first-order valence-corrected chi connectivity index (χ1v) is 6.93. The molecule has 2 aromatic carbocycles. The van der Waals surface area contributed by atoms with Crippen molar-refractivity contribution in [3.05, 3.63) is 54.1 Å². The van der Waals surface area contributed by atoms with Crippen LogP contribution in [0.4, 0.5) is 5.69 Å². The second-order valence-electron chi connectivity index (χ2n) is 4.73. The Bertz CT molecular complexity index is 682. The van der Waals surface area contributed by atoms with Crippen molar-refractivity contribution in [1.29, 1.82) is 0 Å². The molecular formula is C17H16NO5-. The number of ether oxygens (including phenoxy) is 2. The molecule has 1 N–H and O–H groups in total. The van der Waals surface area contributed by atoms with Gasteiger partial charge in [0.1, 0.15) is 0 Å². The number of amides is 1. The molecule has 6 heteroatoms. The number of anilines is 1. The second kappa shape index (κ2) is 7.84. The Labute approximate surface area is 133 Å². The summed E-state index contributed by atoms with van der Waals surface area (Å²) in [6.07, 6.45) is -0.162. The highest BCUT2D eigenvalue weighted by molar-refractivity contribution is 5.91. The molecule has 0 radical (unpaired) electrons. The van der Waals surface area contributed by atoms with E-state index < -0.39 is 5.97 Å². The molecular weight excluding hydrogens is 298 g/mol. The van der Waals surface area contributed by atoms with Crippen LogP contribution in [0.25, 0.3) is 0 Å². The number of para-hydroxylation sites is 2. The van der Waals surface area contributed by atoms with Gasteiger partial charge in [0.25, 0.3) is 5.91 Å². The van der Waals surface area contributed by atoms with Gasteiger partial charge in [0, 0.05) is 18.1 Å². The van der Waals surface area contributed by atoms with E-state index in [0.717, 1.165) is 0 Å². The van der Waals surface area contributed by atoms with E-state index in [1.165, 1.54) is 7.11 Å². The lowest BCUT2D eigenvalue weighted by molar-refractivity contribution is -0.304. The van der Waals surface area contributed by atoms with E-state index in [9.17, 15) is 14.7 Å². The van der Waals surface area contributed by atoms with Crippen molar-refractivity contribution in [3.63, 3.8) is 0 Å². The monoisotopic (exact) mass is 314 g/mol. The van der Waals surface area contributed by atoms with Gasteiger partial charge in [-0.15, -0.1) is 0 Å². The minimum Gasteiger partial charge on any atom is -0.550 e. The van der Waals surface area contributed by atoms with Crippen LogP contribution >= 0.6 is 0 Å². The van der Waals surface area contributed by atoms with E-state index in [1.54, 1.807) is 48.5 Å². The van der Waals surface area contributed by atoms with Crippen LogP contribution in [0, 0.1) is 0 Å². The zero-order chi connectivity index (χ0) is 16.7. The Morgan fingerprint density at radius 2 is 1.70 bits per heavy atom. The van der Waals surface area contributed by atoms with Crippen LogP contribution < -0.4 is 19.9 Å². The third-order valence-corrected chi connectivity index (χ3v) is 3.01. The third kappa shape index (κ3) is 5.03. The first-order valence-electron chi connectivity index (χ1n) is 6.93. The van der Waals surface area contributed by atoms with E-state index in [2.05, 4.69) is 5.32 Å². The lowest BCUT2D eigenvalue weighted by Gasteiger charge is -2.11. The molecule has 0 aliphatic heterocycles. The number of methoxy groups -OCH3 is 1. The smallest absolute Gasteiger partial charge is 0.262 e. The number of carboxylic acid groups (broad SMARTS) is 1. The molecule has 2 aromatic rings. The number of benzene rings is 2. The molecule has 23 heavy (non-hydrogen) atoms. The number of rotatable bonds is 7. The maximum atomic E-state index is 11.9. The van der Waals surface area contributed by atoms with Gasteiger partial charge >= 0.3 is 0 Å². The number of carbonyl (C=O) groups is 2. The van der Waals surface area contributed by atoms with E-state index in [0.29, 0.717) is 22.7 Å². The number of hydrogen-bond acceptors (Lipinski definition) is 5. The Balaban J connectivity index is 1.88. The molecule has 0 aliphatic carbocycles. The first-order chi connectivity index (χ1) is 11.1. The summed E-state index contributed by atoms with van der Waals surface area (Å²) >= 11 is 0. The van der Waals surface area contributed by atoms with Gasteiger partial charge in [0.15, 0.2) is 18.1 Å². The van der Waals surface area contributed by atoms with Gasteiger partial charge in [-0.1, -0.05) is 24.3 Å². The van der Waals surface area contributed by atoms with Gasteiger partial charge in [0.2, 0.25) is 0 Å². The zero-order valence-corrected chi connectivity index (χ0v) is 12.6. The van der Waals surface area contributed by atoms with Crippen molar-refractivity contribution in [3.8, 4) is 11.5 Å². The van der Waals surface area contributed by atoms with Crippen molar-refractivity contribution in [2.24, 2.45) is 0 Å². The van der Waals surface area contributed by atoms with Gasteiger partial charge < -0.3 is 24.7 Å². The summed E-state index contributed by atoms with van der Waals surface area (Å²) in [5, 5.41) is 13.2. The summed E-state index contributed by atoms with van der Waals surface area (Å²) < 4.78 is 10.5. The first kappa shape index (κ1) is 16.4. The molecule has 0 saturated heterocycles. The van der Waals surface area contributed by atoms with Crippen molar-refractivity contribution < 1.29 is 24.2 Å².